The number of nitrogens with zero attached hydrogens (tertiary/aromatic N) is 1. The zero-order valence-electron chi connectivity index (χ0n) is 10.0. The van der Waals surface area contributed by atoms with Crippen LogP contribution in [-0.2, 0) is 0 Å². The molecule has 0 spiro atoms. The summed E-state index contributed by atoms with van der Waals surface area (Å²) in [6.45, 7) is 3.04. The van der Waals surface area contributed by atoms with E-state index in [1.54, 1.807) is 18.2 Å². The van der Waals surface area contributed by atoms with Gasteiger partial charge in [-0.2, -0.15) is 0 Å². The Morgan fingerprint density at radius 2 is 2.24 bits per heavy atom. The van der Waals surface area contributed by atoms with Crippen LogP contribution >= 0.6 is 0 Å². The van der Waals surface area contributed by atoms with Crippen LogP contribution in [0, 0.1) is 0 Å². The summed E-state index contributed by atoms with van der Waals surface area (Å²) in [6.07, 6.45) is 3.43. The molecule has 1 aromatic rings. The van der Waals surface area contributed by atoms with Gasteiger partial charge < -0.3 is 15.7 Å². The second-order valence-electron chi connectivity index (χ2n) is 4.62. The van der Waals surface area contributed by atoms with E-state index in [4.69, 9.17) is 5.73 Å². The molecule has 17 heavy (non-hydrogen) atoms. The van der Waals surface area contributed by atoms with E-state index in [-0.39, 0.29) is 0 Å². The van der Waals surface area contributed by atoms with E-state index in [0.29, 0.717) is 17.3 Å². The summed E-state index contributed by atoms with van der Waals surface area (Å²) in [5, 5.41) is 9.21. The first kappa shape index (κ1) is 11.8. The number of carboxylic acid groups (broad SMARTS) is 1. The van der Waals surface area contributed by atoms with Gasteiger partial charge in [-0.15, -0.1) is 0 Å². The molecule has 1 atom stereocenters. The van der Waals surface area contributed by atoms with Gasteiger partial charge in [-0.05, 0) is 44.4 Å². The zero-order chi connectivity index (χ0) is 12.4. The van der Waals surface area contributed by atoms with E-state index in [2.05, 4.69) is 11.8 Å². The lowest BCUT2D eigenvalue weighted by Crippen LogP contribution is -2.38. The molecule has 4 nitrogen and oxygen atoms in total. The number of anilines is 2. The molecular weight excluding hydrogens is 216 g/mol. The Bertz CT molecular complexity index is 431. The topological polar surface area (TPSA) is 66.6 Å². The van der Waals surface area contributed by atoms with Crippen molar-refractivity contribution in [2.24, 2.45) is 0 Å². The molecule has 1 aliphatic rings. The summed E-state index contributed by atoms with van der Waals surface area (Å²) in [4.78, 5) is 13.4. The summed E-state index contributed by atoms with van der Waals surface area (Å²) < 4.78 is 0. The number of hydrogen-bond acceptors (Lipinski definition) is 3. The van der Waals surface area contributed by atoms with Crippen LogP contribution in [0.2, 0.25) is 0 Å². The highest BCUT2D eigenvalue weighted by molar-refractivity contribution is 5.95. The standard InChI is InChI=1S/C13H18N2O2/c1-9-4-2-3-7-15(9)12-8-10(14)5-6-11(12)13(16)17/h5-6,8-9H,2-4,7,14H2,1H3,(H,16,17). The molecule has 0 aromatic heterocycles. The molecule has 2 rings (SSSR count). The maximum absolute atomic E-state index is 11.2. The normalized spacial score (nSPS) is 20.3. The fraction of sp³-hybridized carbons (Fsp3) is 0.462. The lowest BCUT2D eigenvalue weighted by Gasteiger charge is -2.36. The van der Waals surface area contributed by atoms with Crippen molar-refractivity contribution in [3.05, 3.63) is 23.8 Å². The number of nitrogen functional groups attached to an aromatic ring is 1. The average Bonchev–Trinajstić information content (AvgIpc) is 2.29. The molecule has 1 heterocycles. The van der Waals surface area contributed by atoms with Crippen molar-refractivity contribution in [3.8, 4) is 0 Å². The highest BCUT2D eigenvalue weighted by Gasteiger charge is 2.23. The summed E-state index contributed by atoms with van der Waals surface area (Å²) >= 11 is 0. The Morgan fingerprint density at radius 3 is 2.88 bits per heavy atom. The van der Waals surface area contributed by atoms with Crippen molar-refractivity contribution < 1.29 is 9.90 Å². The Kier molecular flexibility index (Phi) is 3.22. The predicted octanol–water partition coefficient (Wildman–Crippen LogP) is 2.35. The van der Waals surface area contributed by atoms with Crippen LogP contribution in [0.5, 0.6) is 0 Å². The molecule has 0 aliphatic carbocycles. The average molecular weight is 234 g/mol. The van der Waals surface area contributed by atoms with Gasteiger partial charge in [0.05, 0.1) is 11.3 Å². The van der Waals surface area contributed by atoms with Gasteiger partial charge in [0.1, 0.15) is 0 Å². The van der Waals surface area contributed by atoms with Crippen LogP contribution in [0.25, 0.3) is 0 Å². The third-order valence-electron chi connectivity index (χ3n) is 3.36. The van der Waals surface area contributed by atoms with E-state index in [0.717, 1.165) is 25.1 Å². The zero-order valence-corrected chi connectivity index (χ0v) is 10.0. The number of benzene rings is 1. The number of hydrogen-bond donors (Lipinski definition) is 2. The van der Waals surface area contributed by atoms with E-state index in [9.17, 15) is 9.90 Å². The molecule has 1 fully saturated rings. The summed E-state index contributed by atoms with van der Waals surface area (Å²) in [7, 11) is 0. The largest absolute Gasteiger partial charge is 0.478 e. The van der Waals surface area contributed by atoms with Crippen molar-refractivity contribution in [2.45, 2.75) is 32.2 Å². The van der Waals surface area contributed by atoms with Gasteiger partial charge in [-0.25, -0.2) is 4.79 Å². The SMILES string of the molecule is CC1CCCCN1c1cc(N)ccc1C(=O)O. The number of piperidine rings is 1. The van der Waals surface area contributed by atoms with Crippen molar-refractivity contribution in [3.63, 3.8) is 0 Å². The summed E-state index contributed by atoms with van der Waals surface area (Å²) in [5.74, 6) is -0.891. The van der Waals surface area contributed by atoms with Gasteiger partial charge in [0.25, 0.3) is 0 Å². The minimum atomic E-state index is -0.891. The fourth-order valence-corrected chi connectivity index (χ4v) is 2.42. The maximum atomic E-state index is 11.2. The number of nitrogens with two attached hydrogens (primary N) is 1. The molecule has 1 aliphatic heterocycles. The number of aromatic carboxylic acids is 1. The molecule has 0 saturated carbocycles. The van der Waals surface area contributed by atoms with Crippen LogP contribution in [0.15, 0.2) is 18.2 Å². The van der Waals surface area contributed by atoms with Crippen LogP contribution in [0.4, 0.5) is 11.4 Å². The smallest absolute Gasteiger partial charge is 0.337 e. The Labute approximate surface area is 101 Å². The van der Waals surface area contributed by atoms with E-state index < -0.39 is 5.97 Å². The number of carbonyl (C=O) groups is 1. The quantitative estimate of drug-likeness (QED) is 0.771. The van der Waals surface area contributed by atoms with Gasteiger partial charge >= 0.3 is 5.97 Å². The first-order valence-electron chi connectivity index (χ1n) is 5.99. The fourth-order valence-electron chi connectivity index (χ4n) is 2.42. The second kappa shape index (κ2) is 4.65. The van der Waals surface area contributed by atoms with Gasteiger partial charge in [-0.1, -0.05) is 0 Å². The Hall–Kier alpha value is -1.71. The summed E-state index contributed by atoms with van der Waals surface area (Å²) in [5.41, 5.74) is 7.47. The highest BCUT2D eigenvalue weighted by atomic mass is 16.4. The molecule has 1 unspecified atom stereocenters. The summed E-state index contributed by atoms with van der Waals surface area (Å²) in [6, 6.07) is 5.38. The second-order valence-corrected chi connectivity index (χ2v) is 4.62. The lowest BCUT2D eigenvalue weighted by atomic mass is 10.0. The van der Waals surface area contributed by atoms with E-state index >= 15 is 0 Å². The predicted molar refractivity (Wildman–Crippen MR) is 68.5 cm³/mol. The van der Waals surface area contributed by atoms with Crippen LogP contribution in [-0.4, -0.2) is 23.7 Å². The first-order chi connectivity index (χ1) is 8.09. The highest BCUT2D eigenvalue weighted by Crippen LogP contribution is 2.29. The van der Waals surface area contributed by atoms with Crippen LogP contribution in [0.3, 0.4) is 0 Å². The minimum absolute atomic E-state index is 0.341. The van der Waals surface area contributed by atoms with Crippen LogP contribution < -0.4 is 10.6 Å². The molecule has 0 bridgehead atoms. The Morgan fingerprint density at radius 1 is 1.47 bits per heavy atom. The van der Waals surface area contributed by atoms with Gasteiger partial charge in [0.15, 0.2) is 0 Å². The molecular formula is C13H18N2O2. The van der Waals surface area contributed by atoms with E-state index in [1.807, 2.05) is 0 Å². The molecule has 0 radical (unpaired) electrons. The maximum Gasteiger partial charge on any atom is 0.337 e. The van der Waals surface area contributed by atoms with Crippen molar-refractivity contribution in [2.75, 3.05) is 17.2 Å². The third kappa shape index (κ3) is 2.35. The van der Waals surface area contributed by atoms with Crippen molar-refractivity contribution in [1.82, 2.24) is 0 Å². The van der Waals surface area contributed by atoms with Crippen LogP contribution in [0.1, 0.15) is 36.5 Å². The molecule has 3 N–H and O–H groups in total. The molecule has 92 valence electrons. The Balaban J connectivity index is 2.41. The van der Waals surface area contributed by atoms with Gasteiger partial charge in [0.2, 0.25) is 0 Å². The number of carboxylic acids is 1. The van der Waals surface area contributed by atoms with Crippen molar-refractivity contribution in [1.29, 1.82) is 0 Å². The molecule has 4 heteroatoms. The van der Waals surface area contributed by atoms with E-state index in [1.165, 1.54) is 6.42 Å². The molecule has 1 saturated heterocycles. The number of rotatable bonds is 2. The minimum Gasteiger partial charge on any atom is -0.478 e. The molecule has 0 amide bonds. The van der Waals surface area contributed by atoms with Crippen molar-refractivity contribution >= 4 is 17.3 Å². The third-order valence-corrected chi connectivity index (χ3v) is 3.36. The van der Waals surface area contributed by atoms with Gasteiger partial charge in [-0.3, -0.25) is 0 Å². The monoisotopic (exact) mass is 234 g/mol. The molecule has 1 aromatic carbocycles. The first-order valence-corrected chi connectivity index (χ1v) is 5.99. The van der Waals surface area contributed by atoms with Gasteiger partial charge in [0, 0.05) is 18.3 Å². The lowest BCUT2D eigenvalue weighted by molar-refractivity contribution is 0.0697.